The van der Waals surface area contributed by atoms with Gasteiger partial charge in [0.05, 0.1) is 12.1 Å². The van der Waals surface area contributed by atoms with Gasteiger partial charge in [-0.05, 0) is 18.2 Å². The van der Waals surface area contributed by atoms with E-state index in [4.69, 9.17) is 6.42 Å². The Labute approximate surface area is 98.5 Å². The molecule has 0 unspecified atom stereocenters. The average molecular weight is 226 g/mol. The van der Waals surface area contributed by atoms with Gasteiger partial charge in [-0.3, -0.25) is 4.79 Å². The molecule has 2 rings (SSSR count). The molecule has 0 atom stereocenters. The summed E-state index contributed by atoms with van der Waals surface area (Å²) < 4.78 is 1.61. The van der Waals surface area contributed by atoms with Crippen LogP contribution >= 0.6 is 0 Å². The molecule has 5 nitrogen and oxygen atoms in total. The second-order valence-electron chi connectivity index (χ2n) is 3.24. The first-order valence-corrected chi connectivity index (χ1v) is 4.99. The summed E-state index contributed by atoms with van der Waals surface area (Å²) in [6.07, 6.45) is 9.98. The van der Waals surface area contributed by atoms with Gasteiger partial charge in [-0.1, -0.05) is 5.92 Å². The van der Waals surface area contributed by atoms with E-state index in [1.54, 1.807) is 35.3 Å². The second kappa shape index (κ2) is 4.94. The van der Waals surface area contributed by atoms with Crippen molar-refractivity contribution in [2.24, 2.45) is 0 Å². The number of pyridine rings is 1. The molecule has 0 saturated heterocycles. The van der Waals surface area contributed by atoms with Crippen LogP contribution in [0.1, 0.15) is 10.4 Å². The fourth-order valence-corrected chi connectivity index (χ4v) is 1.29. The minimum atomic E-state index is -0.234. The quantitative estimate of drug-likeness (QED) is 0.781. The summed E-state index contributed by atoms with van der Waals surface area (Å²) in [6.45, 7) is 0.208. The molecular weight excluding hydrogens is 216 g/mol. The summed E-state index contributed by atoms with van der Waals surface area (Å²) in [5.74, 6) is 2.76. The van der Waals surface area contributed by atoms with Crippen LogP contribution in [0.2, 0.25) is 0 Å². The number of nitrogens with zero attached hydrogens (tertiary/aromatic N) is 3. The van der Waals surface area contributed by atoms with Crippen molar-refractivity contribution in [3.63, 3.8) is 0 Å². The van der Waals surface area contributed by atoms with Gasteiger partial charge in [0, 0.05) is 18.6 Å². The highest BCUT2D eigenvalue weighted by molar-refractivity contribution is 5.94. The molecule has 0 aromatic carbocycles. The van der Waals surface area contributed by atoms with Gasteiger partial charge in [0.1, 0.15) is 0 Å². The molecule has 0 aliphatic heterocycles. The van der Waals surface area contributed by atoms with Crippen molar-refractivity contribution in [1.29, 1.82) is 0 Å². The molecule has 84 valence electrons. The van der Waals surface area contributed by atoms with Crippen molar-refractivity contribution >= 4 is 5.91 Å². The molecule has 0 fully saturated rings. The zero-order valence-corrected chi connectivity index (χ0v) is 9.00. The van der Waals surface area contributed by atoms with E-state index in [0.29, 0.717) is 11.4 Å². The first-order valence-electron chi connectivity index (χ1n) is 4.99. The van der Waals surface area contributed by atoms with Gasteiger partial charge in [0.2, 0.25) is 0 Å². The third kappa shape index (κ3) is 2.49. The van der Waals surface area contributed by atoms with Crippen LogP contribution in [0.4, 0.5) is 0 Å². The molecule has 2 aromatic rings. The normalized spacial score (nSPS) is 9.59. The molecule has 2 aromatic heterocycles. The Morgan fingerprint density at radius 1 is 1.53 bits per heavy atom. The Bertz CT molecular complexity index is 537. The zero-order chi connectivity index (χ0) is 12.1. The third-order valence-electron chi connectivity index (χ3n) is 2.10. The summed E-state index contributed by atoms with van der Waals surface area (Å²) in [6, 6.07) is 5.20. The Morgan fingerprint density at radius 2 is 2.41 bits per heavy atom. The fraction of sp³-hybridized carbons (Fsp3) is 0.0833. The third-order valence-corrected chi connectivity index (χ3v) is 2.10. The maximum Gasteiger partial charge on any atom is 0.253 e. The van der Waals surface area contributed by atoms with Crippen molar-refractivity contribution in [2.45, 2.75) is 0 Å². The first kappa shape index (κ1) is 10.9. The summed E-state index contributed by atoms with van der Waals surface area (Å²) in [4.78, 5) is 15.7. The van der Waals surface area contributed by atoms with E-state index in [9.17, 15) is 4.79 Å². The van der Waals surface area contributed by atoms with Crippen LogP contribution in [0.3, 0.4) is 0 Å². The lowest BCUT2D eigenvalue weighted by molar-refractivity contribution is 0.0958. The predicted octanol–water partition coefficient (Wildman–Crippen LogP) is 0.630. The summed E-state index contributed by atoms with van der Waals surface area (Å²) in [5, 5.41) is 6.60. The summed E-state index contributed by atoms with van der Waals surface area (Å²) in [5.41, 5.74) is 0.469. The van der Waals surface area contributed by atoms with E-state index < -0.39 is 0 Å². The number of rotatable bonds is 3. The number of amides is 1. The molecule has 0 aliphatic rings. The van der Waals surface area contributed by atoms with Crippen LogP contribution < -0.4 is 5.32 Å². The molecule has 17 heavy (non-hydrogen) atoms. The number of carbonyl (C=O) groups excluding carboxylic acids is 1. The Hall–Kier alpha value is -2.61. The van der Waals surface area contributed by atoms with E-state index in [1.807, 2.05) is 0 Å². The lowest BCUT2D eigenvalue weighted by atomic mass is 10.2. The molecular formula is C12H10N4O. The van der Waals surface area contributed by atoms with Crippen LogP contribution in [0.15, 0.2) is 36.8 Å². The monoisotopic (exact) mass is 226 g/mol. The van der Waals surface area contributed by atoms with E-state index >= 15 is 0 Å². The van der Waals surface area contributed by atoms with Crippen molar-refractivity contribution in [3.8, 4) is 18.2 Å². The molecule has 5 heteroatoms. The summed E-state index contributed by atoms with van der Waals surface area (Å²) in [7, 11) is 0. The number of aromatic nitrogens is 3. The Balaban J connectivity index is 2.14. The molecule has 0 saturated carbocycles. The standard InChI is InChI=1S/C12H10N4O/c1-2-6-13-12(17)10-4-5-11(14-9-10)16-8-3-7-15-16/h1,3-5,7-9H,6H2,(H,13,17). The van der Waals surface area contributed by atoms with E-state index in [-0.39, 0.29) is 12.5 Å². The van der Waals surface area contributed by atoms with Crippen LogP contribution in [-0.4, -0.2) is 27.2 Å². The van der Waals surface area contributed by atoms with E-state index in [1.165, 1.54) is 6.20 Å². The van der Waals surface area contributed by atoms with Gasteiger partial charge >= 0.3 is 0 Å². The number of hydrogen-bond acceptors (Lipinski definition) is 3. The van der Waals surface area contributed by atoms with Crippen molar-refractivity contribution in [3.05, 3.63) is 42.4 Å². The lowest BCUT2D eigenvalue weighted by Crippen LogP contribution is -2.23. The van der Waals surface area contributed by atoms with Gasteiger partial charge in [-0.2, -0.15) is 5.10 Å². The minimum absolute atomic E-state index is 0.208. The fourth-order valence-electron chi connectivity index (χ4n) is 1.29. The predicted molar refractivity (Wildman–Crippen MR) is 62.5 cm³/mol. The van der Waals surface area contributed by atoms with Crippen LogP contribution in [0.25, 0.3) is 5.82 Å². The number of nitrogens with one attached hydrogen (secondary N) is 1. The van der Waals surface area contributed by atoms with Crippen molar-refractivity contribution in [2.75, 3.05) is 6.54 Å². The smallest absolute Gasteiger partial charge is 0.253 e. The van der Waals surface area contributed by atoms with Gasteiger partial charge in [-0.15, -0.1) is 6.42 Å². The molecule has 0 radical (unpaired) electrons. The Kier molecular flexibility index (Phi) is 3.17. The molecule has 2 heterocycles. The minimum Gasteiger partial charge on any atom is -0.341 e. The van der Waals surface area contributed by atoms with Gasteiger partial charge < -0.3 is 5.32 Å². The maximum absolute atomic E-state index is 11.5. The van der Waals surface area contributed by atoms with Crippen LogP contribution in [-0.2, 0) is 0 Å². The van der Waals surface area contributed by atoms with Crippen LogP contribution in [0.5, 0.6) is 0 Å². The number of hydrogen-bond donors (Lipinski definition) is 1. The summed E-state index contributed by atoms with van der Waals surface area (Å²) >= 11 is 0. The SMILES string of the molecule is C#CCNC(=O)c1ccc(-n2cccn2)nc1. The first-order chi connectivity index (χ1) is 8.31. The van der Waals surface area contributed by atoms with Crippen LogP contribution in [0, 0.1) is 12.3 Å². The molecule has 0 aliphatic carbocycles. The second-order valence-corrected chi connectivity index (χ2v) is 3.24. The topological polar surface area (TPSA) is 59.8 Å². The largest absolute Gasteiger partial charge is 0.341 e. The number of carbonyl (C=O) groups is 1. The number of terminal acetylenes is 1. The van der Waals surface area contributed by atoms with Gasteiger partial charge in [0.15, 0.2) is 5.82 Å². The average Bonchev–Trinajstić information content (AvgIpc) is 2.90. The zero-order valence-electron chi connectivity index (χ0n) is 9.00. The van der Waals surface area contributed by atoms with E-state index in [0.717, 1.165) is 0 Å². The molecule has 0 bridgehead atoms. The molecule has 1 amide bonds. The highest BCUT2D eigenvalue weighted by Gasteiger charge is 2.05. The Morgan fingerprint density at radius 3 is 3.00 bits per heavy atom. The van der Waals surface area contributed by atoms with Gasteiger partial charge in [0.25, 0.3) is 5.91 Å². The molecule has 0 spiro atoms. The lowest BCUT2D eigenvalue weighted by Gasteiger charge is -2.03. The van der Waals surface area contributed by atoms with Crippen molar-refractivity contribution in [1.82, 2.24) is 20.1 Å². The van der Waals surface area contributed by atoms with Crippen molar-refractivity contribution < 1.29 is 4.79 Å². The van der Waals surface area contributed by atoms with E-state index in [2.05, 4.69) is 21.3 Å². The molecule has 1 N–H and O–H groups in total. The maximum atomic E-state index is 11.5. The van der Waals surface area contributed by atoms with Gasteiger partial charge in [-0.25, -0.2) is 9.67 Å². The highest BCUT2D eigenvalue weighted by atomic mass is 16.1. The highest BCUT2D eigenvalue weighted by Crippen LogP contribution is 2.04.